The predicted molar refractivity (Wildman–Crippen MR) is 76.2 cm³/mol. The van der Waals surface area contributed by atoms with Crippen molar-refractivity contribution in [2.24, 2.45) is 5.92 Å². The summed E-state index contributed by atoms with van der Waals surface area (Å²) in [7, 11) is 0. The van der Waals surface area contributed by atoms with Crippen LogP contribution in [0, 0.1) is 5.92 Å². The van der Waals surface area contributed by atoms with E-state index < -0.39 is 0 Å². The molecule has 1 N–H and O–H groups in total. The summed E-state index contributed by atoms with van der Waals surface area (Å²) in [6.07, 6.45) is 10.2. The van der Waals surface area contributed by atoms with Crippen LogP contribution in [0.25, 0.3) is 0 Å². The molecule has 3 fully saturated rings. The van der Waals surface area contributed by atoms with Gasteiger partial charge < -0.3 is 9.84 Å². The van der Waals surface area contributed by atoms with E-state index in [9.17, 15) is 5.11 Å². The molecule has 1 spiro atoms. The van der Waals surface area contributed by atoms with Gasteiger partial charge in [0.2, 0.25) is 0 Å². The smallest absolute Gasteiger partial charge is 0.0697 e. The summed E-state index contributed by atoms with van der Waals surface area (Å²) in [6.45, 7) is 4.71. The van der Waals surface area contributed by atoms with Crippen LogP contribution in [-0.2, 0) is 4.74 Å². The highest BCUT2D eigenvalue weighted by atomic mass is 16.5. The first kappa shape index (κ1) is 13.8. The van der Waals surface area contributed by atoms with E-state index in [-0.39, 0.29) is 5.60 Å². The van der Waals surface area contributed by atoms with Crippen LogP contribution < -0.4 is 0 Å². The number of hydrogen-bond donors (Lipinski definition) is 1. The fourth-order valence-corrected chi connectivity index (χ4v) is 4.61. The van der Waals surface area contributed by atoms with Crippen LogP contribution in [0.1, 0.15) is 58.3 Å². The molecule has 3 heteroatoms. The molecule has 3 atom stereocenters. The lowest BCUT2D eigenvalue weighted by atomic mass is 9.78. The molecule has 3 unspecified atom stereocenters. The summed E-state index contributed by atoms with van der Waals surface area (Å²) in [5, 5.41) is 9.67. The van der Waals surface area contributed by atoms with E-state index in [4.69, 9.17) is 4.74 Å². The van der Waals surface area contributed by atoms with Crippen molar-refractivity contribution in [3.8, 4) is 0 Å². The topological polar surface area (TPSA) is 32.7 Å². The van der Waals surface area contributed by atoms with Crippen LogP contribution >= 0.6 is 0 Å². The molecular formula is C16H29NO2. The number of nitrogens with zero attached hydrogens (tertiary/aromatic N) is 1. The molecule has 0 amide bonds. The molecule has 3 rings (SSSR count). The maximum absolute atomic E-state index is 9.67. The van der Waals surface area contributed by atoms with Crippen LogP contribution in [0.3, 0.4) is 0 Å². The van der Waals surface area contributed by atoms with Gasteiger partial charge in [0, 0.05) is 18.7 Å². The van der Waals surface area contributed by atoms with Gasteiger partial charge in [0.25, 0.3) is 0 Å². The molecule has 0 radical (unpaired) electrons. The monoisotopic (exact) mass is 267 g/mol. The van der Waals surface area contributed by atoms with Crippen molar-refractivity contribution in [1.82, 2.24) is 4.90 Å². The van der Waals surface area contributed by atoms with Crippen molar-refractivity contribution in [3.63, 3.8) is 0 Å². The highest BCUT2D eigenvalue weighted by Crippen LogP contribution is 2.41. The average Bonchev–Trinajstić information content (AvgIpc) is 2.81. The fraction of sp³-hybridized carbons (Fsp3) is 1.00. The molecule has 3 aliphatic rings. The molecule has 2 heterocycles. The standard InChI is InChI=1S/C16H29NO2/c1-13-5-9-17(15(13)12-18)14-6-10-19-16(11-14)7-3-2-4-8-16/h13-15,18H,2-12H2,1H3. The summed E-state index contributed by atoms with van der Waals surface area (Å²) in [5.74, 6) is 0.648. The second-order valence-corrected chi connectivity index (χ2v) is 6.99. The van der Waals surface area contributed by atoms with Crippen molar-refractivity contribution >= 4 is 0 Å². The van der Waals surface area contributed by atoms with Crippen molar-refractivity contribution < 1.29 is 9.84 Å². The Labute approximate surface area is 117 Å². The van der Waals surface area contributed by atoms with Crippen molar-refractivity contribution in [3.05, 3.63) is 0 Å². The Morgan fingerprint density at radius 1 is 1.21 bits per heavy atom. The number of aliphatic hydroxyl groups is 1. The Kier molecular flexibility index (Phi) is 4.16. The summed E-state index contributed by atoms with van der Waals surface area (Å²) in [5.41, 5.74) is 0.188. The first-order chi connectivity index (χ1) is 9.24. The zero-order valence-electron chi connectivity index (χ0n) is 12.3. The van der Waals surface area contributed by atoms with Gasteiger partial charge in [-0.15, -0.1) is 0 Å². The van der Waals surface area contributed by atoms with Gasteiger partial charge in [-0.05, 0) is 44.6 Å². The van der Waals surface area contributed by atoms with Gasteiger partial charge in [0.15, 0.2) is 0 Å². The van der Waals surface area contributed by atoms with E-state index in [0.29, 0.717) is 24.6 Å². The number of likely N-dealkylation sites (tertiary alicyclic amines) is 1. The third-order valence-corrected chi connectivity index (χ3v) is 5.81. The first-order valence-corrected chi connectivity index (χ1v) is 8.25. The summed E-state index contributed by atoms with van der Waals surface area (Å²) in [4.78, 5) is 2.60. The number of hydrogen-bond acceptors (Lipinski definition) is 3. The number of rotatable bonds is 2. The Balaban J connectivity index is 1.67. The third-order valence-electron chi connectivity index (χ3n) is 5.81. The van der Waals surface area contributed by atoms with E-state index in [1.807, 2.05) is 0 Å². The second-order valence-electron chi connectivity index (χ2n) is 6.99. The van der Waals surface area contributed by atoms with E-state index in [0.717, 1.165) is 13.0 Å². The summed E-state index contributed by atoms with van der Waals surface area (Å²) >= 11 is 0. The molecule has 2 aliphatic heterocycles. The van der Waals surface area contributed by atoms with Gasteiger partial charge in [0.05, 0.1) is 12.2 Å². The predicted octanol–water partition coefficient (Wildman–Crippen LogP) is 2.57. The zero-order valence-corrected chi connectivity index (χ0v) is 12.3. The molecule has 19 heavy (non-hydrogen) atoms. The second kappa shape index (κ2) is 5.71. The van der Waals surface area contributed by atoms with Gasteiger partial charge in [0.1, 0.15) is 0 Å². The first-order valence-electron chi connectivity index (χ1n) is 8.25. The maximum atomic E-state index is 9.67. The van der Waals surface area contributed by atoms with Gasteiger partial charge in [-0.2, -0.15) is 0 Å². The molecule has 2 saturated heterocycles. The number of aliphatic hydroxyl groups excluding tert-OH is 1. The fourth-order valence-electron chi connectivity index (χ4n) is 4.61. The third kappa shape index (κ3) is 2.70. The molecule has 1 aliphatic carbocycles. The summed E-state index contributed by atoms with van der Waals surface area (Å²) < 4.78 is 6.20. The van der Waals surface area contributed by atoms with E-state index in [1.165, 1.54) is 51.5 Å². The molecule has 0 aromatic carbocycles. The van der Waals surface area contributed by atoms with Gasteiger partial charge >= 0.3 is 0 Å². The van der Waals surface area contributed by atoms with E-state index >= 15 is 0 Å². The minimum atomic E-state index is 0.188. The molecule has 0 aromatic heterocycles. The Morgan fingerprint density at radius 3 is 2.74 bits per heavy atom. The van der Waals surface area contributed by atoms with Crippen LogP contribution in [0.5, 0.6) is 0 Å². The van der Waals surface area contributed by atoms with E-state index in [1.54, 1.807) is 0 Å². The van der Waals surface area contributed by atoms with Crippen molar-refractivity contribution in [2.75, 3.05) is 19.8 Å². The van der Waals surface area contributed by atoms with Crippen LogP contribution in [0.2, 0.25) is 0 Å². The highest BCUT2D eigenvalue weighted by molar-refractivity contribution is 4.96. The molecular weight excluding hydrogens is 238 g/mol. The van der Waals surface area contributed by atoms with Crippen molar-refractivity contribution in [2.45, 2.75) is 76.0 Å². The minimum Gasteiger partial charge on any atom is -0.395 e. The Bertz CT molecular complexity index is 296. The minimum absolute atomic E-state index is 0.188. The van der Waals surface area contributed by atoms with Crippen molar-refractivity contribution in [1.29, 1.82) is 0 Å². The highest BCUT2D eigenvalue weighted by Gasteiger charge is 2.43. The molecule has 0 bridgehead atoms. The largest absolute Gasteiger partial charge is 0.395 e. The molecule has 3 nitrogen and oxygen atoms in total. The lowest BCUT2D eigenvalue weighted by molar-refractivity contribution is -0.127. The Morgan fingerprint density at radius 2 is 2.00 bits per heavy atom. The lowest BCUT2D eigenvalue weighted by Gasteiger charge is -2.47. The molecule has 0 aromatic rings. The van der Waals surface area contributed by atoms with Gasteiger partial charge in [-0.3, -0.25) is 4.90 Å². The number of ether oxygens (including phenoxy) is 1. The average molecular weight is 267 g/mol. The lowest BCUT2D eigenvalue weighted by Crippen LogP contribution is -2.52. The van der Waals surface area contributed by atoms with Gasteiger partial charge in [-0.25, -0.2) is 0 Å². The maximum Gasteiger partial charge on any atom is 0.0697 e. The zero-order chi connectivity index (χ0) is 13.3. The SMILES string of the molecule is CC1CCN(C2CCOC3(CCCCC3)C2)C1CO. The van der Waals surface area contributed by atoms with Crippen LogP contribution in [-0.4, -0.2) is 47.4 Å². The quantitative estimate of drug-likeness (QED) is 0.834. The summed E-state index contributed by atoms with van der Waals surface area (Å²) in [6, 6.07) is 1.04. The Hall–Kier alpha value is -0.120. The molecule has 110 valence electrons. The van der Waals surface area contributed by atoms with Crippen LogP contribution in [0.15, 0.2) is 0 Å². The van der Waals surface area contributed by atoms with Gasteiger partial charge in [-0.1, -0.05) is 26.2 Å². The normalized spacial score (nSPS) is 39.8. The van der Waals surface area contributed by atoms with E-state index in [2.05, 4.69) is 11.8 Å². The van der Waals surface area contributed by atoms with Crippen LogP contribution in [0.4, 0.5) is 0 Å². The molecule has 1 saturated carbocycles.